The summed E-state index contributed by atoms with van der Waals surface area (Å²) in [5.41, 5.74) is -2.14. The van der Waals surface area contributed by atoms with E-state index in [2.05, 4.69) is 31.1 Å². The first-order valence-electron chi connectivity index (χ1n) is 16.4. The molecule has 0 aliphatic carbocycles. The van der Waals surface area contributed by atoms with Gasteiger partial charge in [0.25, 0.3) is 13.9 Å². The average molecular weight is 710 g/mol. The maximum atomic E-state index is 13.4. The highest BCUT2D eigenvalue weighted by Crippen LogP contribution is 2.39. The van der Waals surface area contributed by atoms with Gasteiger partial charge in [-0.1, -0.05) is 81.4 Å². The van der Waals surface area contributed by atoms with Crippen LogP contribution in [0.4, 0.5) is 4.79 Å². The van der Waals surface area contributed by atoms with E-state index in [-0.39, 0.29) is 12.2 Å². The Morgan fingerprint density at radius 1 is 0.880 bits per heavy atom. The molecule has 14 heteroatoms. The zero-order valence-corrected chi connectivity index (χ0v) is 31.0. The number of rotatable bonds is 10. The number of benzene rings is 2. The number of ether oxygens (including phenoxy) is 4. The number of carbonyl (C=O) groups is 3. The van der Waals surface area contributed by atoms with Crippen LogP contribution in [0, 0.1) is 6.92 Å². The van der Waals surface area contributed by atoms with Gasteiger partial charge >= 0.3 is 23.7 Å². The second kappa shape index (κ2) is 15.2. The lowest BCUT2D eigenvalue weighted by molar-refractivity contribution is -0.165. The van der Waals surface area contributed by atoms with Gasteiger partial charge in [0.2, 0.25) is 0 Å². The van der Waals surface area contributed by atoms with Crippen molar-refractivity contribution in [2.24, 2.45) is 0 Å². The van der Waals surface area contributed by atoms with Crippen molar-refractivity contribution in [3.63, 3.8) is 0 Å². The van der Waals surface area contributed by atoms with Gasteiger partial charge in [0.1, 0.15) is 11.7 Å². The Balaban J connectivity index is 1.89. The van der Waals surface area contributed by atoms with Crippen LogP contribution in [-0.4, -0.2) is 72.5 Å². The average Bonchev–Trinajstić information content (AvgIpc) is 3.34. The van der Waals surface area contributed by atoms with Crippen LogP contribution in [0.1, 0.15) is 67.2 Å². The van der Waals surface area contributed by atoms with E-state index < -0.39 is 78.8 Å². The summed E-state index contributed by atoms with van der Waals surface area (Å²) in [6.07, 6.45) is -4.83. The fraction of sp³-hybridized carbons (Fsp3) is 0.472. The summed E-state index contributed by atoms with van der Waals surface area (Å²) >= 11 is 0. The fourth-order valence-corrected chi connectivity index (χ4v) is 10.9. The number of esters is 2. The summed E-state index contributed by atoms with van der Waals surface area (Å²) < 4.78 is 31.7. The number of carbonyl (C=O) groups excluding carboxylic acids is 3. The first kappa shape index (κ1) is 38.3. The molecule has 2 aromatic carbocycles. The lowest BCUT2D eigenvalue weighted by Gasteiger charge is -2.44. The number of aromatic nitrogens is 2. The molecule has 0 radical (unpaired) electrons. The molecule has 5 atom stereocenters. The van der Waals surface area contributed by atoms with Crippen molar-refractivity contribution in [3.8, 4) is 0 Å². The van der Waals surface area contributed by atoms with Crippen LogP contribution in [0.2, 0.25) is 5.04 Å². The van der Waals surface area contributed by atoms with Crippen molar-refractivity contribution in [1.29, 1.82) is 0 Å². The van der Waals surface area contributed by atoms with E-state index in [1.54, 1.807) is 20.8 Å². The van der Waals surface area contributed by atoms with Crippen LogP contribution in [0.15, 0.2) is 76.4 Å². The van der Waals surface area contributed by atoms with Crippen LogP contribution < -0.4 is 26.9 Å². The highest BCUT2D eigenvalue weighted by molar-refractivity contribution is 6.99. The molecule has 0 unspecified atom stereocenters. The first-order chi connectivity index (χ1) is 23.3. The molecule has 1 aromatic heterocycles. The maximum Gasteiger partial charge on any atom is 0.408 e. The van der Waals surface area contributed by atoms with Gasteiger partial charge < -0.3 is 28.7 Å². The van der Waals surface area contributed by atoms with E-state index >= 15 is 0 Å². The Kier molecular flexibility index (Phi) is 11.6. The largest absolute Gasteiger partial charge is 0.456 e. The summed E-state index contributed by atoms with van der Waals surface area (Å²) in [4.78, 5) is 66.0. The van der Waals surface area contributed by atoms with E-state index in [0.717, 1.165) is 14.9 Å². The van der Waals surface area contributed by atoms with E-state index in [1.807, 2.05) is 60.7 Å². The summed E-state index contributed by atoms with van der Waals surface area (Å²) in [6.45, 7) is 15.1. The lowest BCUT2D eigenvalue weighted by Crippen LogP contribution is -2.68. The molecule has 0 spiro atoms. The minimum absolute atomic E-state index is 0.173. The number of hydrogen-bond donors (Lipinski definition) is 2. The number of amides is 1. The second-order valence-corrected chi connectivity index (χ2v) is 18.7. The normalized spacial score (nSPS) is 20.1. The maximum absolute atomic E-state index is 13.4. The van der Waals surface area contributed by atoms with Crippen molar-refractivity contribution >= 4 is 36.7 Å². The van der Waals surface area contributed by atoms with Gasteiger partial charge in [-0.05, 0) is 43.1 Å². The SMILES string of the molecule is CC(=O)O[C@H]1[C@@H](OC(C)=O)[C@H](n2cc(C)c(=O)[nH]c2=O)O[C@@H]1[C@@H](CO[Si](c1ccccc1)(c1ccccc1)C(C)(C)C)NC(=O)OC(C)(C)C. The summed E-state index contributed by atoms with van der Waals surface area (Å²) in [7, 11) is -3.20. The molecule has 1 fully saturated rings. The Labute approximate surface area is 292 Å². The molecular formula is C36H47N3O10Si. The minimum atomic E-state index is -3.20. The van der Waals surface area contributed by atoms with Crippen molar-refractivity contribution < 1.29 is 37.8 Å². The Bertz CT molecular complexity index is 1740. The quantitative estimate of drug-likeness (QED) is 0.182. The van der Waals surface area contributed by atoms with E-state index in [4.69, 9.17) is 23.4 Å². The third-order valence-corrected chi connectivity index (χ3v) is 13.2. The topological polar surface area (TPSA) is 164 Å². The van der Waals surface area contributed by atoms with Crippen molar-refractivity contribution in [3.05, 3.63) is 93.3 Å². The number of aryl methyl sites for hydroxylation is 1. The smallest absolute Gasteiger partial charge is 0.408 e. The number of aromatic amines is 1. The number of hydrogen-bond acceptors (Lipinski definition) is 10. The van der Waals surface area contributed by atoms with Crippen molar-refractivity contribution in [1.82, 2.24) is 14.9 Å². The summed E-state index contributed by atoms with van der Waals surface area (Å²) in [6, 6.07) is 18.6. The highest BCUT2D eigenvalue weighted by atomic mass is 28.4. The molecule has 1 amide bonds. The van der Waals surface area contributed by atoms with E-state index in [0.29, 0.717) is 0 Å². The Morgan fingerprint density at radius 2 is 1.40 bits per heavy atom. The number of nitrogens with one attached hydrogen (secondary N) is 2. The molecule has 3 aromatic rings. The van der Waals surface area contributed by atoms with Crippen molar-refractivity contribution in [2.75, 3.05) is 6.61 Å². The number of alkyl carbamates (subject to hydrolysis) is 1. The third kappa shape index (κ3) is 8.60. The van der Waals surface area contributed by atoms with Gasteiger partial charge in [0, 0.05) is 25.6 Å². The number of H-pyrrole nitrogens is 1. The molecule has 1 aliphatic heterocycles. The summed E-state index contributed by atoms with van der Waals surface area (Å²) in [5, 5.41) is 4.37. The lowest BCUT2D eigenvalue weighted by atomic mass is 10.0. The predicted molar refractivity (Wildman–Crippen MR) is 188 cm³/mol. The van der Waals surface area contributed by atoms with Crippen LogP contribution in [0.25, 0.3) is 0 Å². The van der Waals surface area contributed by atoms with E-state index in [1.165, 1.54) is 27.0 Å². The molecule has 1 saturated heterocycles. The van der Waals surface area contributed by atoms with Crippen LogP contribution >= 0.6 is 0 Å². The predicted octanol–water partition coefficient (Wildman–Crippen LogP) is 3.08. The van der Waals surface area contributed by atoms with Crippen LogP contribution in [0.5, 0.6) is 0 Å². The highest BCUT2D eigenvalue weighted by Gasteiger charge is 2.56. The molecule has 50 heavy (non-hydrogen) atoms. The summed E-state index contributed by atoms with van der Waals surface area (Å²) in [5.74, 6) is -1.47. The van der Waals surface area contributed by atoms with Crippen molar-refractivity contribution in [2.45, 2.75) is 104 Å². The monoisotopic (exact) mass is 709 g/mol. The number of nitrogens with zero attached hydrogens (tertiary/aromatic N) is 1. The molecule has 270 valence electrons. The Morgan fingerprint density at radius 3 is 1.88 bits per heavy atom. The zero-order chi connectivity index (χ0) is 37.0. The second-order valence-electron chi connectivity index (χ2n) is 14.3. The molecule has 2 heterocycles. The molecule has 2 N–H and O–H groups in total. The molecule has 4 rings (SSSR count). The fourth-order valence-electron chi connectivity index (χ4n) is 6.28. The van der Waals surface area contributed by atoms with Crippen LogP contribution in [-0.2, 0) is 33.0 Å². The third-order valence-electron chi connectivity index (χ3n) is 8.24. The molecule has 0 bridgehead atoms. The van der Waals surface area contributed by atoms with Gasteiger partial charge in [-0.25, -0.2) is 9.59 Å². The standard InChI is InChI=1S/C36H47N3O10Si/c1-22-20-39(33(43)38-31(22)42)32-30(47-24(3)41)29(46-23(2)40)28(48-32)27(37-34(44)49-35(4,5)6)21-45-50(36(7,8)9,25-16-12-10-13-17-25)26-18-14-11-15-19-26/h10-20,27-30,32H,21H2,1-9H3,(H,37,44)(H,38,42,43)/t27-,28-,29-,30-,32-/m1/s1. The van der Waals surface area contributed by atoms with Gasteiger partial charge in [-0.15, -0.1) is 0 Å². The van der Waals surface area contributed by atoms with Gasteiger partial charge in [0.05, 0.1) is 12.6 Å². The molecule has 13 nitrogen and oxygen atoms in total. The minimum Gasteiger partial charge on any atom is -0.456 e. The zero-order valence-electron chi connectivity index (χ0n) is 30.0. The van der Waals surface area contributed by atoms with Gasteiger partial charge in [0.15, 0.2) is 18.4 Å². The van der Waals surface area contributed by atoms with Gasteiger partial charge in [-0.2, -0.15) is 0 Å². The van der Waals surface area contributed by atoms with Crippen LogP contribution in [0.3, 0.4) is 0 Å². The van der Waals surface area contributed by atoms with Gasteiger partial charge in [-0.3, -0.25) is 23.9 Å². The van der Waals surface area contributed by atoms with E-state index in [9.17, 15) is 24.0 Å². The molecule has 1 aliphatic rings. The first-order valence-corrected chi connectivity index (χ1v) is 18.3. The molecule has 0 saturated carbocycles. The Hall–Kier alpha value is -4.53. The molecular weight excluding hydrogens is 662 g/mol.